The largest absolute Gasteiger partial charge is 0.418 e. The normalized spacial score (nSPS) is 21.3. The molecule has 0 aliphatic heterocycles. The second kappa shape index (κ2) is 5.47. The van der Waals surface area contributed by atoms with Crippen LogP contribution in [0.5, 0.6) is 0 Å². The van der Waals surface area contributed by atoms with Crippen LogP contribution in [0, 0.1) is 5.82 Å². The van der Waals surface area contributed by atoms with E-state index in [0.29, 0.717) is 0 Å². The highest BCUT2D eigenvalue weighted by Gasteiger charge is 2.41. The Morgan fingerprint density at radius 3 is 2.30 bits per heavy atom. The molecule has 0 spiro atoms. The molecule has 0 saturated heterocycles. The number of nitrogens with zero attached hydrogens (tertiary/aromatic N) is 1. The van der Waals surface area contributed by atoms with E-state index in [4.69, 9.17) is 11.6 Å². The molecule has 1 aromatic carbocycles. The summed E-state index contributed by atoms with van der Waals surface area (Å²) in [4.78, 5) is 0. The minimum absolute atomic E-state index is 0.00742. The van der Waals surface area contributed by atoms with E-state index in [1.807, 2.05) is 0 Å². The van der Waals surface area contributed by atoms with Crippen molar-refractivity contribution < 1.29 is 26.3 Å². The van der Waals surface area contributed by atoms with Gasteiger partial charge in [-0.1, -0.05) is 11.6 Å². The number of aromatic nitrogens is 1. The Labute approximate surface area is 132 Å². The van der Waals surface area contributed by atoms with Gasteiger partial charge >= 0.3 is 6.18 Å². The maximum absolute atomic E-state index is 13.6. The minimum Gasteiger partial charge on any atom is -0.320 e. The number of fused-ring (bicyclic) bond motifs is 1. The van der Waals surface area contributed by atoms with Crippen molar-refractivity contribution in [3.63, 3.8) is 0 Å². The summed E-state index contributed by atoms with van der Waals surface area (Å²) >= 11 is 5.72. The van der Waals surface area contributed by atoms with Crippen LogP contribution in [0.25, 0.3) is 5.69 Å². The van der Waals surface area contributed by atoms with Crippen LogP contribution in [0.4, 0.5) is 26.3 Å². The Morgan fingerprint density at radius 2 is 1.70 bits per heavy atom. The number of alkyl halides is 5. The Bertz CT molecular complexity index is 731. The number of halogens is 7. The molecule has 0 radical (unpaired) electrons. The van der Waals surface area contributed by atoms with E-state index in [0.717, 1.165) is 22.9 Å². The quantitative estimate of drug-likeness (QED) is 0.631. The van der Waals surface area contributed by atoms with Crippen molar-refractivity contribution in [2.45, 2.75) is 31.4 Å². The molecular weight excluding hydrogens is 344 g/mol. The van der Waals surface area contributed by atoms with Gasteiger partial charge in [-0.15, -0.1) is 0 Å². The lowest BCUT2D eigenvalue weighted by Gasteiger charge is -2.23. The molecule has 124 valence electrons. The molecule has 2 unspecified atom stereocenters. The first kappa shape index (κ1) is 16.2. The summed E-state index contributed by atoms with van der Waals surface area (Å²) in [6.45, 7) is 0. The average molecular weight is 354 g/mol. The van der Waals surface area contributed by atoms with Crippen LogP contribution in [0.1, 0.15) is 16.8 Å². The van der Waals surface area contributed by atoms with Crippen molar-refractivity contribution in [1.29, 1.82) is 0 Å². The van der Waals surface area contributed by atoms with Crippen molar-refractivity contribution in [3.8, 4) is 5.69 Å². The summed E-state index contributed by atoms with van der Waals surface area (Å²) in [7, 11) is 0. The predicted molar refractivity (Wildman–Crippen MR) is 72.9 cm³/mol. The maximum atomic E-state index is 13.6. The fourth-order valence-electron chi connectivity index (χ4n) is 2.82. The molecule has 0 amide bonds. The third-order valence-corrected chi connectivity index (χ3v) is 4.05. The van der Waals surface area contributed by atoms with Gasteiger partial charge in [0.15, 0.2) is 0 Å². The number of hydrogen-bond donors (Lipinski definition) is 0. The zero-order chi connectivity index (χ0) is 16.9. The topological polar surface area (TPSA) is 4.93 Å². The summed E-state index contributed by atoms with van der Waals surface area (Å²) in [5.41, 5.74) is -1.31. The molecule has 1 aromatic heterocycles. The van der Waals surface area contributed by atoms with Crippen LogP contribution in [-0.2, 0) is 19.0 Å². The van der Waals surface area contributed by atoms with Gasteiger partial charge in [-0.2, -0.15) is 13.2 Å². The monoisotopic (exact) mass is 353 g/mol. The van der Waals surface area contributed by atoms with E-state index in [1.165, 1.54) is 6.07 Å². The molecule has 1 heterocycles. The number of hydrogen-bond acceptors (Lipinski definition) is 0. The van der Waals surface area contributed by atoms with Gasteiger partial charge in [0.05, 0.1) is 5.56 Å². The number of benzene rings is 1. The molecule has 8 heteroatoms. The highest BCUT2D eigenvalue weighted by Crippen LogP contribution is 2.40. The Balaban J connectivity index is 2.22. The molecule has 0 saturated carbocycles. The van der Waals surface area contributed by atoms with Crippen molar-refractivity contribution in [1.82, 2.24) is 4.57 Å². The summed E-state index contributed by atoms with van der Waals surface area (Å²) < 4.78 is 81.2. The Hall–Kier alpha value is -1.63. The molecule has 3 rings (SSSR count). The van der Waals surface area contributed by atoms with Gasteiger partial charge in [0.2, 0.25) is 0 Å². The first-order chi connectivity index (χ1) is 10.7. The number of rotatable bonds is 1. The first-order valence-corrected chi connectivity index (χ1v) is 7.09. The molecule has 0 fully saturated rings. The van der Waals surface area contributed by atoms with Gasteiger partial charge in [0.25, 0.3) is 0 Å². The van der Waals surface area contributed by atoms with Crippen LogP contribution in [0.15, 0.2) is 24.4 Å². The van der Waals surface area contributed by atoms with E-state index in [9.17, 15) is 26.3 Å². The molecule has 1 nitrogen and oxygen atoms in total. The van der Waals surface area contributed by atoms with Gasteiger partial charge in [-0.05, 0) is 23.8 Å². The van der Waals surface area contributed by atoms with Gasteiger partial charge in [-0.3, -0.25) is 0 Å². The maximum Gasteiger partial charge on any atom is 0.418 e. The minimum atomic E-state index is -4.71. The van der Waals surface area contributed by atoms with Crippen molar-refractivity contribution in [3.05, 3.63) is 52.1 Å². The summed E-state index contributed by atoms with van der Waals surface area (Å²) in [6.07, 6.45) is -9.05. The molecule has 23 heavy (non-hydrogen) atoms. The van der Waals surface area contributed by atoms with Crippen LogP contribution < -0.4 is 0 Å². The third kappa shape index (κ3) is 2.94. The standard InChI is InChI=1S/C15H10ClF6N/c16-7-1-8(17)3-9(2-7)23-6-11(15(20,21)22)10-4-12(18)13(19)5-14(10)23/h1-3,6,12-13H,4-5H2. The predicted octanol–water partition coefficient (Wildman–Crippen LogP) is 5.06. The SMILES string of the molecule is Fc1cc(Cl)cc(-n2cc(C(F)(F)F)c3c2CC(F)C(F)C3)c1. The molecule has 2 atom stereocenters. The lowest BCUT2D eigenvalue weighted by molar-refractivity contribution is -0.138. The van der Waals surface area contributed by atoms with Crippen molar-refractivity contribution >= 4 is 11.6 Å². The zero-order valence-electron chi connectivity index (χ0n) is 11.5. The van der Waals surface area contributed by atoms with Crippen molar-refractivity contribution in [2.24, 2.45) is 0 Å². The van der Waals surface area contributed by atoms with Gasteiger partial charge in [0, 0.05) is 35.4 Å². The lowest BCUT2D eigenvalue weighted by Crippen LogP contribution is -2.29. The van der Waals surface area contributed by atoms with E-state index in [1.54, 1.807) is 0 Å². The van der Waals surface area contributed by atoms with E-state index in [-0.39, 0.29) is 22.0 Å². The van der Waals surface area contributed by atoms with E-state index < -0.39 is 42.7 Å². The van der Waals surface area contributed by atoms with Gasteiger partial charge in [-0.25, -0.2) is 13.2 Å². The molecule has 0 N–H and O–H groups in total. The molecule has 2 aromatic rings. The molecule has 0 bridgehead atoms. The Kier molecular flexibility index (Phi) is 3.86. The smallest absolute Gasteiger partial charge is 0.320 e. The molecule has 1 aliphatic carbocycles. The van der Waals surface area contributed by atoms with Crippen LogP contribution in [0.2, 0.25) is 5.02 Å². The fourth-order valence-corrected chi connectivity index (χ4v) is 3.04. The summed E-state index contributed by atoms with van der Waals surface area (Å²) in [5, 5.41) is -0.00742. The van der Waals surface area contributed by atoms with Crippen molar-refractivity contribution in [2.75, 3.05) is 0 Å². The first-order valence-electron chi connectivity index (χ1n) is 6.71. The van der Waals surface area contributed by atoms with Gasteiger partial charge < -0.3 is 4.57 Å². The second-order valence-corrected chi connectivity index (χ2v) is 5.84. The third-order valence-electron chi connectivity index (χ3n) is 3.83. The van der Waals surface area contributed by atoms with Crippen LogP contribution >= 0.6 is 11.6 Å². The Morgan fingerprint density at radius 1 is 1.04 bits per heavy atom. The van der Waals surface area contributed by atoms with Crippen LogP contribution in [-0.4, -0.2) is 16.9 Å². The summed E-state index contributed by atoms with van der Waals surface area (Å²) in [6, 6.07) is 3.25. The van der Waals surface area contributed by atoms with E-state index >= 15 is 0 Å². The fraction of sp³-hybridized carbons (Fsp3) is 0.333. The highest BCUT2D eigenvalue weighted by molar-refractivity contribution is 6.30. The summed E-state index contributed by atoms with van der Waals surface area (Å²) in [5.74, 6) is -0.737. The lowest BCUT2D eigenvalue weighted by atomic mass is 9.92. The second-order valence-electron chi connectivity index (χ2n) is 5.40. The molecule has 1 aliphatic rings. The van der Waals surface area contributed by atoms with Gasteiger partial charge in [0.1, 0.15) is 18.2 Å². The van der Waals surface area contributed by atoms with Crippen LogP contribution in [0.3, 0.4) is 0 Å². The highest BCUT2D eigenvalue weighted by atomic mass is 35.5. The van der Waals surface area contributed by atoms with E-state index in [2.05, 4.69) is 0 Å². The zero-order valence-corrected chi connectivity index (χ0v) is 12.2. The average Bonchev–Trinajstić information content (AvgIpc) is 2.76. The molecular formula is C15H10ClF6N.